The van der Waals surface area contributed by atoms with Crippen molar-refractivity contribution >= 4 is 5.91 Å². The number of methoxy groups -OCH3 is 1. The summed E-state index contributed by atoms with van der Waals surface area (Å²) in [6.45, 7) is 9.11. The molecule has 140 valence electrons. The lowest BCUT2D eigenvalue weighted by Gasteiger charge is -2.24. The Morgan fingerprint density at radius 1 is 1.35 bits per heavy atom. The van der Waals surface area contributed by atoms with Crippen LogP contribution in [-0.4, -0.2) is 48.8 Å². The summed E-state index contributed by atoms with van der Waals surface area (Å²) in [6.07, 6.45) is 1.03. The van der Waals surface area contributed by atoms with Gasteiger partial charge in [0.05, 0.1) is 19.3 Å². The van der Waals surface area contributed by atoms with Crippen LogP contribution in [0, 0.1) is 19.8 Å². The zero-order chi connectivity index (χ0) is 18.7. The minimum absolute atomic E-state index is 0.0987. The quantitative estimate of drug-likeness (QED) is 0.794. The molecule has 0 aliphatic carbocycles. The minimum atomic E-state index is 0.0987. The first-order valence-corrected chi connectivity index (χ1v) is 9.25. The first-order chi connectivity index (χ1) is 12.5. The maximum atomic E-state index is 13.2. The highest BCUT2D eigenvalue weighted by Gasteiger charge is 2.25. The van der Waals surface area contributed by atoms with Gasteiger partial charge in [0.25, 0.3) is 5.91 Å². The van der Waals surface area contributed by atoms with Crippen LogP contribution in [0.3, 0.4) is 0 Å². The monoisotopic (exact) mass is 356 g/mol. The lowest BCUT2D eigenvalue weighted by atomic mass is 10.1. The Kier molecular flexibility index (Phi) is 5.67. The van der Waals surface area contributed by atoms with Crippen molar-refractivity contribution in [1.29, 1.82) is 0 Å². The molecule has 0 spiro atoms. The first-order valence-electron chi connectivity index (χ1n) is 9.25. The van der Waals surface area contributed by atoms with Crippen molar-refractivity contribution in [2.24, 2.45) is 5.92 Å². The van der Waals surface area contributed by atoms with E-state index in [1.165, 1.54) is 0 Å². The smallest absolute Gasteiger partial charge is 0.255 e. The number of nitrogens with zero attached hydrogens (tertiary/aromatic N) is 2. The molecule has 1 aromatic carbocycles. The number of carbonyl (C=O) groups excluding carboxylic acids is 1. The van der Waals surface area contributed by atoms with Crippen molar-refractivity contribution in [3.8, 4) is 11.4 Å². The molecule has 2 aromatic rings. The van der Waals surface area contributed by atoms with Crippen LogP contribution in [0.25, 0.3) is 5.69 Å². The van der Waals surface area contributed by atoms with Gasteiger partial charge in [0.2, 0.25) is 0 Å². The maximum Gasteiger partial charge on any atom is 0.255 e. The second-order valence-corrected chi connectivity index (χ2v) is 6.90. The van der Waals surface area contributed by atoms with Gasteiger partial charge in [0.1, 0.15) is 5.75 Å². The highest BCUT2D eigenvalue weighted by molar-refractivity contribution is 5.96. The largest absolute Gasteiger partial charge is 0.497 e. The van der Waals surface area contributed by atoms with Crippen molar-refractivity contribution in [1.82, 2.24) is 9.47 Å². The average Bonchev–Trinajstić information content (AvgIpc) is 3.26. The predicted octanol–water partition coefficient (Wildman–Crippen LogP) is 3.60. The molecule has 5 heteroatoms. The van der Waals surface area contributed by atoms with Gasteiger partial charge in [-0.2, -0.15) is 0 Å². The highest BCUT2D eigenvalue weighted by atomic mass is 16.5. The molecule has 0 N–H and O–H groups in total. The van der Waals surface area contributed by atoms with E-state index >= 15 is 0 Å². The molecule has 1 atom stereocenters. The molecule has 1 fully saturated rings. The normalized spacial score (nSPS) is 16.7. The molecule has 1 aliphatic heterocycles. The Bertz CT molecular complexity index is 776. The Balaban J connectivity index is 1.89. The SMILES string of the molecule is CCN(CC1CCOC1)C(=O)c1cc(C)n(-c2cccc(OC)c2)c1C. The summed E-state index contributed by atoms with van der Waals surface area (Å²) in [7, 11) is 1.66. The van der Waals surface area contributed by atoms with Crippen LogP contribution in [0.15, 0.2) is 30.3 Å². The fraction of sp³-hybridized carbons (Fsp3) is 0.476. The lowest BCUT2D eigenvalue weighted by molar-refractivity contribution is 0.0730. The highest BCUT2D eigenvalue weighted by Crippen LogP contribution is 2.25. The summed E-state index contributed by atoms with van der Waals surface area (Å²) in [5.41, 5.74) is 3.78. The predicted molar refractivity (Wildman–Crippen MR) is 102 cm³/mol. The number of carbonyl (C=O) groups is 1. The third-order valence-electron chi connectivity index (χ3n) is 5.14. The van der Waals surface area contributed by atoms with Crippen LogP contribution >= 0.6 is 0 Å². The molecular formula is C21H28N2O3. The van der Waals surface area contributed by atoms with Gasteiger partial charge in [-0.05, 0) is 45.4 Å². The molecule has 0 radical (unpaired) electrons. The van der Waals surface area contributed by atoms with Gasteiger partial charge in [0, 0.05) is 48.8 Å². The van der Waals surface area contributed by atoms with E-state index in [-0.39, 0.29) is 5.91 Å². The van der Waals surface area contributed by atoms with Crippen LogP contribution in [0.1, 0.15) is 35.1 Å². The van der Waals surface area contributed by atoms with Gasteiger partial charge in [-0.15, -0.1) is 0 Å². The topological polar surface area (TPSA) is 43.7 Å². The number of ether oxygens (including phenoxy) is 2. The fourth-order valence-electron chi connectivity index (χ4n) is 3.69. The van der Waals surface area contributed by atoms with Crippen LogP contribution in [0.4, 0.5) is 0 Å². The van der Waals surface area contributed by atoms with E-state index in [0.717, 1.165) is 54.6 Å². The zero-order valence-corrected chi connectivity index (χ0v) is 16.1. The molecular weight excluding hydrogens is 328 g/mol. The van der Waals surface area contributed by atoms with E-state index in [1.807, 2.05) is 56.0 Å². The summed E-state index contributed by atoms with van der Waals surface area (Å²) in [4.78, 5) is 15.1. The van der Waals surface area contributed by atoms with Gasteiger partial charge in [0.15, 0.2) is 0 Å². The third-order valence-corrected chi connectivity index (χ3v) is 5.14. The summed E-state index contributed by atoms with van der Waals surface area (Å²) >= 11 is 0. The van der Waals surface area contributed by atoms with Crippen molar-refractivity contribution in [3.05, 3.63) is 47.3 Å². The van der Waals surface area contributed by atoms with Crippen LogP contribution in [0.5, 0.6) is 5.75 Å². The van der Waals surface area contributed by atoms with Crippen molar-refractivity contribution in [2.75, 3.05) is 33.4 Å². The van der Waals surface area contributed by atoms with E-state index in [2.05, 4.69) is 4.57 Å². The molecule has 1 saturated heterocycles. The Hall–Kier alpha value is -2.27. The summed E-state index contributed by atoms with van der Waals surface area (Å²) in [6, 6.07) is 9.90. The Labute approximate surface area is 155 Å². The molecule has 3 rings (SSSR count). The number of hydrogen-bond acceptors (Lipinski definition) is 3. The average molecular weight is 356 g/mol. The minimum Gasteiger partial charge on any atom is -0.497 e. The molecule has 0 saturated carbocycles. The van der Waals surface area contributed by atoms with E-state index < -0.39 is 0 Å². The Morgan fingerprint density at radius 2 is 2.15 bits per heavy atom. The van der Waals surface area contributed by atoms with Crippen molar-refractivity contribution in [2.45, 2.75) is 27.2 Å². The van der Waals surface area contributed by atoms with Gasteiger partial charge < -0.3 is 18.9 Å². The number of aryl methyl sites for hydroxylation is 1. The van der Waals surface area contributed by atoms with Crippen LogP contribution < -0.4 is 4.74 Å². The zero-order valence-electron chi connectivity index (χ0n) is 16.1. The molecule has 1 amide bonds. The Morgan fingerprint density at radius 3 is 2.81 bits per heavy atom. The number of hydrogen-bond donors (Lipinski definition) is 0. The van der Waals surface area contributed by atoms with E-state index in [9.17, 15) is 4.79 Å². The summed E-state index contributed by atoms with van der Waals surface area (Å²) in [5, 5.41) is 0. The fourth-order valence-corrected chi connectivity index (χ4v) is 3.69. The maximum absolute atomic E-state index is 13.2. The number of aromatic nitrogens is 1. The summed E-state index contributed by atoms with van der Waals surface area (Å²) in [5.74, 6) is 1.35. The van der Waals surface area contributed by atoms with Crippen molar-refractivity contribution < 1.29 is 14.3 Å². The lowest BCUT2D eigenvalue weighted by Crippen LogP contribution is -2.35. The van der Waals surface area contributed by atoms with E-state index in [4.69, 9.17) is 9.47 Å². The summed E-state index contributed by atoms with van der Waals surface area (Å²) < 4.78 is 12.9. The number of rotatable bonds is 6. The van der Waals surface area contributed by atoms with Gasteiger partial charge in [-0.1, -0.05) is 6.07 Å². The second kappa shape index (κ2) is 7.96. The van der Waals surface area contributed by atoms with Crippen LogP contribution in [0.2, 0.25) is 0 Å². The van der Waals surface area contributed by atoms with Gasteiger partial charge in [-0.3, -0.25) is 4.79 Å². The molecule has 1 aromatic heterocycles. The molecule has 2 heterocycles. The van der Waals surface area contributed by atoms with Crippen molar-refractivity contribution in [3.63, 3.8) is 0 Å². The molecule has 5 nitrogen and oxygen atoms in total. The molecule has 0 bridgehead atoms. The molecule has 26 heavy (non-hydrogen) atoms. The standard InChI is InChI=1S/C21H28N2O3/c1-5-22(13-17-9-10-26-14-17)21(24)20-11-15(2)23(16(20)3)18-7-6-8-19(12-18)25-4/h6-8,11-12,17H,5,9-10,13-14H2,1-4H3. The van der Waals surface area contributed by atoms with Gasteiger partial charge >= 0.3 is 0 Å². The third kappa shape index (κ3) is 3.63. The second-order valence-electron chi connectivity index (χ2n) is 6.90. The first kappa shape index (κ1) is 18.5. The molecule has 1 aliphatic rings. The van der Waals surface area contributed by atoms with Crippen LogP contribution in [-0.2, 0) is 4.74 Å². The number of amides is 1. The van der Waals surface area contributed by atoms with E-state index in [0.29, 0.717) is 12.5 Å². The number of benzene rings is 1. The molecule has 1 unspecified atom stereocenters. The van der Waals surface area contributed by atoms with E-state index in [1.54, 1.807) is 7.11 Å². The van der Waals surface area contributed by atoms with Gasteiger partial charge in [-0.25, -0.2) is 0 Å².